The van der Waals surface area contributed by atoms with E-state index < -0.39 is 10.0 Å². The second-order valence-corrected chi connectivity index (χ2v) is 8.72. The van der Waals surface area contributed by atoms with Crippen molar-refractivity contribution in [3.8, 4) is 5.75 Å². The number of rotatable bonds is 7. The van der Waals surface area contributed by atoms with Gasteiger partial charge in [0.15, 0.2) is 0 Å². The number of hydrogen-bond donors (Lipinski definition) is 3. The highest BCUT2D eigenvalue weighted by Gasteiger charge is 2.28. The summed E-state index contributed by atoms with van der Waals surface area (Å²) in [5.74, 6) is -0.380. The molecule has 29 heavy (non-hydrogen) atoms. The molecule has 0 unspecified atom stereocenters. The topological polar surface area (TPSA) is 116 Å². The van der Waals surface area contributed by atoms with Crippen LogP contribution >= 0.6 is 0 Å². The van der Waals surface area contributed by atoms with Crippen LogP contribution in [-0.2, 0) is 10.0 Å². The lowest BCUT2D eigenvalue weighted by molar-refractivity contribution is 0.0951. The van der Waals surface area contributed by atoms with Crippen molar-refractivity contribution < 1.29 is 23.1 Å². The van der Waals surface area contributed by atoms with Crippen molar-refractivity contribution >= 4 is 27.5 Å². The zero-order valence-corrected chi connectivity index (χ0v) is 16.6. The number of benzene rings is 2. The fraction of sp³-hybridized carbons (Fsp3) is 0.300. The van der Waals surface area contributed by atoms with Gasteiger partial charge in [-0.2, -0.15) is 0 Å². The first-order valence-electron chi connectivity index (χ1n) is 9.33. The minimum Gasteiger partial charge on any atom is -0.508 e. The van der Waals surface area contributed by atoms with Gasteiger partial charge >= 0.3 is 0 Å². The molecule has 0 aromatic heterocycles. The standard InChI is InChI=1S/C20H23N3O5S/c24-18-5-1-4-16(14-18)20(26)22-11-2-10-21-19(25)15-6-8-17(9-7-15)23-12-3-13-29(23,27)28/h1,4-9,14,24H,2-3,10-13H2,(H,21,25)(H,22,26). The van der Waals surface area contributed by atoms with Gasteiger partial charge in [0, 0.05) is 30.8 Å². The molecular weight excluding hydrogens is 394 g/mol. The summed E-state index contributed by atoms with van der Waals surface area (Å²) >= 11 is 0. The minimum atomic E-state index is -3.24. The zero-order chi connectivity index (χ0) is 20.9. The van der Waals surface area contributed by atoms with E-state index in [1.807, 2.05) is 0 Å². The van der Waals surface area contributed by atoms with Crippen molar-refractivity contribution in [1.29, 1.82) is 0 Å². The van der Waals surface area contributed by atoms with E-state index >= 15 is 0 Å². The van der Waals surface area contributed by atoms with Crippen LogP contribution in [0.5, 0.6) is 5.75 Å². The third-order valence-corrected chi connectivity index (χ3v) is 6.42. The van der Waals surface area contributed by atoms with E-state index in [1.165, 1.54) is 16.4 Å². The van der Waals surface area contributed by atoms with E-state index in [4.69, 9.17) is 0 Å². The first-order valence-corrected chi connectivity index (χ1v) is 10.9. The number of amides is 2. The first kappa shape index (κ1) is 20.7. The summed E-state index contributed by atoms with van der Waals surface area (Å²) in [6.07, 6.45) is 1.15. The Morgan fingerprint density at radius 3 is 2.21 bits per heavy atom. The van der Waals surface area contributed by atoms with Crippen LogP contribution in [0.15, 0.2) is 48.5 Å². The van der Waals surface area contributed by atoms with Crippen molar-refractivity contribution in [3.05, 3.63) is 59.7 Å². The molecule has 1 heterocycles. The van der Waals surface area contributed by atoms with Crippen molar-refractivity contribution in [2.24, 2.45) is 0 Å². The largest absolute Gasteiger partial charge is 0.508 e. The highest BCUT2D eigenvalue weighted by molar-refractivity contribution is 7.93. The summed E-state index contributed by atoms with van der Waals surface area (Å²) in [4.78, 5) is 24.1. The lowest BCUT2D eigenvalue weighted by Crippen LogP contribution is -2.30. The Kier molecular flexibility index (Phi) is 6.38. The molecule has 0 atom stereocenters. The molecule has 154 valence electrons. The Bertz CT molecular complexity index is 989. The zero-order valence-electron chi connectivity index (χ0n) is 15.8. The molecule has 0 aliphatic carbocycles. The number of nitrogens with one attached hydrogen (secondary N) is 2. The predicted octanol–water partition coefficient (Wildman–Crippen LogP) is 1.48. The van der Waals surface area contributed by atoms with Gasteiger partial charge in [0.25, 0.3) is 11.8 Å². The van der Waals surface area contributed by atoms with Gasteiger partial charge in [-0.1, -0.05) is 6.07 Å². The molecule has 1 fully saturated rings. The molecule has 2 amide bonds. The van der Waals surface area contributed by atoms with E-state index in [9.17, 15) is 23.1 Å². The summed E-state index contributed by atoms with van der Waals surface area (Å²) < 4.78 is 25.3. The maximum Gasteiger partial charge on any atom is 0.251 e. The second-order valence-electron chi connectivity index (χ2n) is 6.70. The highest BCUT2D eigenvalue weighted by Crippen LogP contribution is 2.24. The Balaban J connectivity index is 1.42. The van der Waals surface area contributed by atoms with Crippen molar-refractivity contribution in [2.45, 2.75) is 12.8 Å². The highest BCUT2D eigenvalue weighted by atomic mass is 32.2. The van der Waals surface area contributed by atoms with Gasteiger partial charge in [-0.25, -0.2) is 8.42 Å². The molecule has 3 N–H and O–H groups in total. The fourth-order valence-corrected chi connectivity index (χ4v) is 4.62. The Morgan fingerprint density at radius 1 is 0.966 bits per heavy atom. The van der Waals surface area contributed by atoms with E-state index in [-0.39, 0.29) is 23.3 Å². The van der Waals surface area contributed by atoms with Crippen LogP contribution in [-0.4, -0.2) is 50.7 Å². The Morgan fingerprint density at radius 2 is 1.62 bits per heavy atom. The van der Waals surface area contributed by atoms with Gasteiger partial charge in [0.1, 0.15) is 5.75 Å². The predicted molar refractivity (Wildman–Crippen MR) is 110 cm³/mol. The number of sulfonamides is 1. The first-order chi connectivity index (χ1) is 13.9. The molecule has 0 bridgehead atoms. The molecule has 2 aromatic carbocycles. The smallest absolute Gasteiger partial charge is 0.251 e. The SMILES string of the molecule is O=C(NCCCNC(=O)c1cccc(O)c1)c1ccc(N2CCCS2(=O)=O)cc1. The van der Waals surface area contributed by atoms with Crippen molar-refractivity contribution in [3.63, 3.8) is 0 Å². The Labute approximate surface area is 169 Å². The number of aromatic hydroxyl groups is 1. The number of anilines is 1. The van der Waals surface area contributed by atoms with Gasteiger partial charge < -0.3 is 15.7 Å². The van der Waals surface area contributed by atoms with Crippen LogP contribution in [0.1, 0.15) is 33.6 Å². The van der Waals surface area contributed by atoms with Crippen LogP contribution in [0, 0.1) is 0 Å². The average molecular weight is 417 g/mol. The van der Waals surface area contributed by atoms with E-state index in [0.29, 0.717) is 49.3 Å². The van der Waals surface area contributed by atoms with Crippen molar-refractivity contribution in [1.82, 2.24) is 10.6 Å². The summed E-state index contributed by atoms with van der Waals surface area (Å²) in [6, 6.07) is 12.5. The van der Waals surface area contributed by atoms with E-state index in [1.54, 1.807) is 36.4 Å². The van der Waals surface area contributed by atoms with Crippen LogP contribution in [0.2, 0.25) is 0 Å². The molecule has 8 nitrogen and oxygen atoms in total. The minimum absolute atomic E-state index is 0.0262. The van der Waals surface area contributed by atoms with Gasteiger partial charge in [-0.15, -0.1) is 0 Å². The quantitative estimate of drug-likeness (QED) is 0.590. The molecule has 0 spiro atoms. The van der Waals surface area contributed by atoms with Crippen LogP contribution in [0.25, 0.3) is 0 Å². The van der Waals surface area contributed by atoms with Crippen molar-refractivity contribution in [2.75, 3.05) is 29.7 Å². The second kappa shape index (κ2) is 8.95. The molecule has 9 heteroatoms. The fourth-order valence-electron chi connectivity index (χ4n) is 3.05. The molecule has 0 radical (unpaired) electrons. The van der Waals surface area contributed by atoms with Crippen LogP contribution in [0.3, 0.4) is 0 Å². The molecular formula is C20H23N3O5S. The summed E-state index contributed by atoms with van der Waals surface area (Å²) in [6.45, 7) is 1.21. The van der Waals surface area contributed by atoms with Crippen LogP contribution < -0.4 is 14.9 Å². The number of carbonyl (C=O) groups excluding carboxylic acids is 2. The third kappa shape index (κ3) is 5.26. The average Bonchev–Trinajstić information content (AvgIpc) is 3.06. The molecule has 1 aliphatic heterocycles. The molecule has 3 rings (SSSR count). The monoisotopic (exact) mass is 417 g/mol. The number of phenolic OH excluding ortho intramolecular Hbond substituents is 1. The number of carbonyl (C=O) groups is 2. The summed E-state index contributed by atoms with van der Waals surface area (Å²) in [5, 5.41) is 14.9. The lowest BCUT2D eigenvalue weighted by atomic mass is 10.2. The molecule has 1 aliphatic rings. The maximum absolute atomic E-state index is 12.2. The van der Waals surface area contributed by atoms with Crippen LogP contribution in [0.4, 0.5) is 5.69 Å². The summed E-state index contributed by atoms with van der Waals surface area (Å²) in [7, 11) is -3.24. The van der Waals surface area contributed by atoms with Gasteiger partial charge in [-0.3, -0.25) is 13.9 Å². The molecule has 1 saturated heterocycles. The summed E-state index contributed by atoms with van der Waals surface area (Å²) in [5.41, 5.74) is 1.37. The lowest BCUT2D eigenvalue weighted by Gasteiger charge is -2.17. The normalized spacial score (nSPS) is 15.1. The molecule has 2 aromatic rings. The Hall–Kier alpha value is -3.07. The van der Waals surface area contributed by atoms with Gasteiger partial charge in [0.2, 0.25) is 10.0 Å². The maximum atomic E-state index is 12.2. The number of phenols is 1. The van der Waals surface area contributed by atoms with E-state index in [0.717, 1.165) is 0 Å². The van der Waals surface area contributed by atoms with E-state index in [2.05, 4.69) is 10.6 Å². The third-order valence-electron chi connectivity index (χ3n) is 4.55. The molecule has 0 saturated carbocycles. The van der Waals surface area contributed by atoms with Gasteiger partial charge in [0.05, 0.1) is 11.4 Å². The van der Waals surface area contributed by atoms with Gasteiger partial charge in [-0.05, 0) is 55.3 Å². The number of hydrogen-bond acceptors (Lipinski definition) is 5. The number of nitrogens with zero attached hydrogens (tertiary/aromatic N) is 1.